The van der Waals surface area contributed by atoms with Gasteiger partial charge in [0, 0.05) is 18.4 Å². The summed E-state index contributed by atoms with van der Waals surface area (Å²) in [6, 6.07) is 10.5. The zero-order valence-electron chi connectivity index (χ0n) is 11.7. The first-order valence-electron chi connectivity index (χ1n) is 7.37. The van der Waals surface area contributed by atoms with Crippen LogP contribution >= 0.6 is 0 Å². The molecule has 4 nitrogen and oxygen atoms in total. The Bertz CT molecular complexity index is 518. The Kier molecular flexibility index (Phi) is 4.21. The summed E-state index contributed by atoms with van der Waals surface area (Å²) in [5.74, 6) is 1.88. The molecule has 1 heterocycles. The lowest BCUT2D eigenvalue weighted by molar-refractivity contribution is 0.299. The van der Waals surface area contributed by atoms with Crippen LogP contribution in [0.15, 0.2) is 42.7 Å². The van der Waals surface area contributed by atoms with Crippen molar-refractivity contribution in [3.05, 3.63) is 42.7 Å². The second-order valence-corrected chi connectivity index (χ2v) is 5.23. The lowest BCUT2D eigenvalue weighted by Gasteiger charge is -2.15. The summed E-state index contributed by atoms with van der Waals surface area (Å²) in [6.07, 6.45) is 9.02. The van der Waals surface area contributed by atoms with Crippen LogP contribution in [0.2, 0.25) is 0 Å². The number of para-hydroxylation sites is 1. The van der Waals surface area contributed by atoms with E-state index in [9.17, 15) is 0 Å². The maximum atomic E-state index is 5.73. The number of imidazole rings is 1. The van der Waals surface area contributed by atoms with Crippen molar-refractivity contribution in [3.63, 3.8) is 0 Å². The van der Waals surface area contributed by atoms with Crippen molar-refractivity contribution in [3.8, 4) is 5.75 Å². The van der Waals surface area contributed by atoms with Crippen LogP contribution in [0.3, 0.4) is 0 Å². The third kappa shape index (κ3) is 3.32. The van der Waals surface area contributed by atoms with Crippen LogP contribution in [0.1, 0.15) is 25.7 Å². The van der Waals surface area contributed by atoms with Crippen LogP contribution in [-0.4, -0.2) is 22.2 Å². The first-order valence-corrected chi connectivity index (χ1v) is 7.37. The van der Waals surface area contributed by atoms with E-state index in [1.807, 2.05) is 42.7 Å². The van der Waals surface area contributed by atoms with Crippen molar-refractivity contribution in [2.45, 2.75) is 38.3 Å². The van der Waals surface area contributed by atoms with Gasteiger partial charge in [0.05, 0.1) is 6.54 Å². The van der Waals surface area contributed by atoms with E-state index in [-0.39, 0.29) is 0 Å². The van der Waals surface area contributed by atoms with Crippen molar-refractivity contribution >= 4 is 5.95 Å². The molecule has 1 aromatic carbocycles. The fourth-order valence-electron chi connectivity index (χ4n) is 2.66. The van der Waals surface area contributed by atoms with E-state index < -0.39 is 0 Å². The van der Waals surface area contributed by atoms with Crippen LogP contribution in [0.5, 0.6) is 5.75 Å². The van der Waals surface area contributed by atoms with Gasteiger partial charge in [-0.3, -0.25) is 0 Å². The fourth-order valence-corrected chi connectivity index (χ4v) is 2.66. The largest absolute Gasteiger partial charge is 0.492 e. The molecular weight excluding hydrogens is 250 g/mol. The van der Waals surface area contributed by atoms with Gasteiger partial charge in [-0.1, -0.05) is 31.0 Å². The number of hydrogen-bond acceptors (Lipinski definition) is 3. The molecule has 0 radical (unpaired) electrons. The molecule has 3 rings (SSSR count). The summed E-state index contributed by atoms with van der Waals surface area (Å²) < 4.78 is 7.85. The van der Waals surface area contributed by atoms with Crippen LogP contribution in [0.4, 0.5) is 5.95 Å². The van der Waals surface area contributed by atoms with Gasteiger partial charge in [0.25, 0.3) is 0 Å². The molecule has 1 aromatic heterocycles. The maximum Gasteiger partial charge on any atom is 0.203 e. The highest BCUT2D eigenvalue weighted by molar-refractivity contribution is 5.28. The lowest BCUT2D eigenvalue weighted by atomic mass is 10.2. The van der Waals surface area contributed by atoms with E-state index in [1.165, 1.54) is 25.7 Å². The highest BCUT2D eigenvalue weighted by atomic mass is 16.5. The smallest absolute Gasteiger partial charge is 0.203 e. The Morgan fingerprint density at radius 2 is 2.00 bits per heavy atom. The predicted molar refractivity (Wildman–Crippen MR) is 80.0 cm³/mol. The summed E-state index contributed by atoms with van der Waals surface area (Å²) in [4.78, 5) is 4.40. The Morgan fingerprint density at radius 3 is 2.80 bits per heavy atom. The molecule has 20 heavy (non-hydrogen) atoms. The molecule has 0 unspecified atom stereocenters. The molecule has 0 spiro atoms. The monoisotopic (exact) mass is 271 g/mol. The third-order valence-electron chi connectivity index (χ3n) is 3.75. The third-order valence-corrected chi connectivity index (χ3v) is 3.75. The maximum absolute atomic E-state index is 5.73. The zero-order chi connectivity index (χ0) is 13.6. The van der Waals surface area contributed by atoms with Crippen molar-refractivity contribution in [2.24, 2.45) is 0 Å². The van der Waals surface area contributed by atoms with Gasteiger partial charge in [0.15, 0.2) is 0 Å². The van der Waals surface area contributed by atoms with Crippen molar-refractivity contribution in [1.29, 1.82) is 0 Å². The molecule has 1 aliphatic rings. The molecule has 2 aromatic rings. The average molecular weight is 271 g/mol. The number of ether oxygens (including phenoxy) is 1. The highest BCUT2D eigenvalue weighted by Crippen LogP contribution is 2.21. The molecule has 1 N–H and O–H groups in total. The molecule has 1 aliphatic carbocycles. The second-order valence-electron chi connectivity index (χ2n) is 5.23. The molecule has 0 bridgehead atoms. The molecular formula is C16H21N3O. The second kappa shape index (κ2) is 6.46. The molecule has 1 saturated carbocycles. The van der Waals surface area contributed by atoms with Crippen LogP contribution < -0.4 is 10.1 Å². The van der Waals surface area contributed by atoms with Gasteiger partial charge in [-0.2, -0.15) is 0 Å². The number of aromatic nitrogens is 2. The Hall–Kier alpha value is -1.97. The van der Waals surface area contributed by atoms with E-state index in [0.29, 0.717) is 12.6 Å². The van der Waals surface area contributed by atoms with E-state index in [1.54, 1.807) is 0 Å². The number of rotatable bonds is 6. The summed E-state index contributed by atoms with van der Waals surface area (Å²) in [5.41, 5.74) is 0. The number of benzene rings is 1. The number of nitrogens with zero attached hydrogens (tertiary/aromatic N) is 2. The normalized spacial score (nSPS) is 15.4. The van der Waals surface area contributed by atoms with Gasteiger partial charge in [-0.05, 0) is 25.0 Å². The standard InChI is InChI=1S/C16H21N3O/c1-2-8-15(9-3-1)20-13-12-19-11-10-17-16(19)18-14-6-4-5-7-14/h1-3,8-11,14H,4-7,12-13H2,(H,17,18). The summed E-state index contributed by atoms with van der Waals surface area (Å²) in [6.45, 7) is 1.46. The molecule has 0 aliphatic heterocycles. The van der Waals surface area contributed by atoms with E-state index in [0.717, 1.165) is 18.2 Å². The van der Waals surface area contributed by atoms with Gasteiger partial charge < -0.3 is 14.6 Å². The molecule has 0 atom stereocenters. The number of anilines is 1. The van der Waals surface area contributed by atoms with E-state index >= 15 is 0 Å². The van der Waals surface area contributed by atoms with Gasteiger partial charge in [-0.25, -0.2) is 4.98 Å². The minimum Gasteiger partial charge on any atom is -0.492 e. The number of hydrogen-bond donors (Lipinski definition) is 1. The molecule has 0 amide bonds. The minimum absolute atomic E-state index is 0.589. The molecule has 4 heteroatoms. The van der Waals surface area contributed by atoms with Crippen LogP contribution in [0, 0.1) is 0 Å². The molecule has 106 valence electrons. The first kappa shape index (κ1) is 13.0. The Morgan fingerprint density at radius 1 is 1.20 bits per heavy atom. The van der Waals surface area contributed by atoms with Crippen molar-refractivity contribution in [1.82, 2.24) is 9.55 Å². The van der Waals surface area contributed by atoms with Gasteiger partial charge in [-0.15, -0.1) is 0 Å². The fraction of sp³-hybridized carbons (Fsp3) is 0.438. The van der Waals surface area contributed by atoms with E-state index in [2.05, 4.69) is 14.9 Å². The topological polar surface area (TPSA) is 39.1 Å². The zero-order valence-corrected chi connectivity index (χ0v) is 11.7. The van der Waals surface area contributed by atoms with Crippen molar-refractivity contribution in [2.75, 3.05) is 11.9 Å². The summed E-state index contributed by atoms with van der Waals surface area (Å²) in [7, 11) is 0. The Balaban J connectivity index is 1.51. The van der Waals surface area contributed by atoms with Crippen molar-refractivity contribution < 1.29 is 4.74 Å². The van der Waals surface area contributed by atoms with Crippen LogP contribution in [-0.2, 0) is 6.54 Å². The van der Waals surface area contributed by atoms with Gasteiger partial charge >= 0.3 is 0 Å². The predicted octanol–water partition coefficient (Wildman–Crippen LogP) is 3.32. The van der Waals surface area contributed by atoms with Crippen LogP contribution in [0.25, 0.3) is 0 Å². The van der Waals surface area contributed by atoms with Gasteiger partial charge in [0.2, 0.25) is 5.95 Å². The van der Waals surface area contributed by atoms with Gasteiger partial charge in [0.1, 0.15) is 12.4 Å². The average Bonchev–Trinajstić information content (AvgIpc) is 3.13. The first-order chi connectivity index (χ1) is 9.92. The summed E-state index contributed by atoms with van der Waals surface area (Å²) in [5, 5.41) is 3.53. The quantitative estimate of drug-likeness (QED) is 0.876. The molecule has 1 fully saturated rings. The molecule has 0 saturated heterocycles. The number of nitrogens with one attached hydrogen (secondary N) is 1. The minimum atomic E-state index is 0.589. The van der Waals surface area contributed by atoms with E-state index in [4.69, 9.17) is 4.74 Å². The SMILES string of the molecule is c1ccc(OCCn2ccnc2NC2CCCC2)cc1. The Labute approximate surface area is 119 Å². The lowest BCUT2D eigenvalue weighted by Crippen LogP contribution is -2.19. The summed E-state index contributed by atoms with van der Waals surface area (Å²) >= 11 is 0. The highest BCUT2D eigenvalue weighted by Gasteiger charge is 2.16.